The highest BCUT2D eigenvalue weighted by atomic mass is 16.5. The lowest BCUT2D eigenvalue weighted by molar-refractivity contribution is -0.126. The lowest BCUT2D eigenvalue weighted by Gasteiger charge is -2.30. The Hall–Kier alpha value is -3.23. The van der Waals surface area contributed by atoms with Gasteiger partial charge < -0.3 is 14.6 Å². The molecule has 2 aromatic carbocycles. The van der Waals surface area contributed by atoms with Crippen molar-refractivity contribution in [2.75, 3.05) is 33.3 Å². The zero-order valence-corrected chi connectivity index (χ0v) is 21.7. The van der Waals surface area contributed by atoms with Gasteiger partial charge in [0.2, 0.25) is 17.6 Å². The third kappa shape index (κ3) is 6.96. The maximum atomic E-state index is 12.8. The third-order valence-corrected chi connectivity index (χ3v) is 7.48. The van der Waals surface area contributed by atoms with E-state index in [4.69, 9.17) is 9.26 Å². The van der Waals surface area contributed by atoms with E-state index in [2.05, 4.69) is 49.5 Å². The summed E-state index contributed by atoms with van der Waals surface area (Å²) in [6, 6.07) is 16.3. The van der Waals surface area contributed by atoms with Gasteiger partial charge in [-0.1, -0.05) is 35.8 Å². The Morgan fingerprint density at radius 2 is 1.59 bits per heavy atom. The van der Waals surface area contributed by atoms with E-state index in [1.165, 1.54) is 37.9 Å². The highest BCUT2D eigenvalue weighted by Crippen LogP contribution is 2.22. The maximum Gasteiger partial charge on any atom is 0.241 e. The van der Waals surface area contributed by atoms with E-state index in [0.29, 0.717) is 24.8 Å². The number of likely N-dealkylation sites (tertiary alicyclic amines) is 2. The normalized spacial score (nSPS) is 17.5. The van der Waals surface area contributed by atoms with Crippen LogP contribution < -0.4 is 10.1 Å². The van der Waals surface area contributed by atoms with Crippen LogP contribution in [0.2, 0.25) is 0 Å². The largest absolute Gasteiger partial charge is 0.497 e. The molecule has 1 amide bonds. The Morgan fingerprint density at radius 1 is 0.919 bits per heavy atom. The number of carbonyl (C=O) groups excluding carboxylic acids is 1. The SMILES string of the molecule is COc1ccc(-c2noc(CN3CCC(C(=O)NCc4ccc(CN5CCCCC5)cc4)CC3)n2)cc1. The van der Waals surface area contributed by atoms with Crippen molar-refractivity contribution in [3.05, 3.63) is 65.5 Å². The van der Waals surface area contributed by atoms with E-state index in [1.807, 2.05) is 24.3 Å². The Kier molecular flexibility index (Phi) is 8.48. The first-order chi connectivity index (χ1) is 18.2. The molecule has 0 bridgehead atoms. The van der Waals surface area contributed by atoms with Crippen molar-refractivity contribution in [3.8, 4) is 17.1 Å². The molecule has 0 radical (unpaired) electrons. The fraction of sp³-hybridized carbons (Fsp3) is 0.483. The minimum absolute atomic E-state index is 0.0483. The third-order valence-electron chi connectivity index (χ3n) is 7.48. The molecular formula is C29H37N5O3. The Balaban J connectivity index is 1.03. The van der Waals surface area contributed by atoms with Crippen LogP contribution in [0, 0.1) is 5.92 Å². The highest BCUT2D eigenvalue weighted by Gasteiger charge is 2.26. The summed E-state index contributed by atoms with van der Waals surface area (Å²) in [5, 5.41) is 7.26. The maximum absolute atomic E-state index is 12.8. The molecule has 3 aromatic rings. The van der Waals surface area contributed by atoms with Gasteiger partial charge in [-0.3, -0.25) is 14.6 Å². The quantitative estimate of drug-likeness (QED) is 0.467. The van der Waals surface area contributed by atoms with Crippen LogP contribution >= 0.6 is 0 Å². The van der Waals surface area contributed by atoms with Gasteiger partial charge >= 0.3 is 0 Å². The van der Waals surface area contributed by atoms with Gasteiger partial charge in [0.25, 0.3) is 0 Å². The molecule has 0 aliphatic carbocycles. The van der Waals surface area contributed by atoms with Crippen molar-refractivity contribution in [1.82, 2.24) is 25.3 Å². The van der Waals surface area contributed by atoms with Crippen LogP contribution in [0.4, 0.5) is 0 Å². The van der Waals surface area contributed by atoms with E-state index in [1.54, 1.807) is 7.11 Å². The summed E-state index contributed by atoms with van der Waals surface area (Å²) in [6.07, 6.45) is 5.65. The molecule has 8 nitrogen and oxygen atoms in total. The molecule has 0 unspecified atom stereocenters. The smallest absolute Gasteiger partial charge is 0.241 e. The summed E-state index contributed by atoms with van der Waals surface area (Å²) in [7, 11) is 1.64. The van der Waals surface area contributed by atoms with Crippen molar-refractivity contribution >= 4 is 5.91 Å². The van der Waals surface area contributed by atoms with Crippen LogP contribution in [0.25, 0.3) is 11.4 Å². The number of hydrogen-bond acceptors (Lipinski definition) is 7. The van der Waals surface area contributed by atoms with Crippen molar-refractivity contribution in [2.24, 2.45) is 5.92 Å². The van der Waals surface area contributed by atoms with Gasteiger partial charge in [0.15, 0.2) is 0 Å². The Morgan fingerprint density at radius 3 is 2.30 bits per heavy atom. The van der Waals surface area contributed by atoms with Crippen LogP contribution in [-0.2, 0) is 24.4 Å². The molecule has 196 valence electrons. The molecule has 0 spiro atoms. The molecule has 2 aliphatic rings. The number of hydrogen-bond donors (Lipinski definition) is 1. The first-order valence-electron chi connectivity index (χ1n) is 13.4. The summed E-state index contributed by atoms with van der Waals surface area (Å²) in [5.74, 6) is 2.16. The van der Waals surface area contributed by atoms with E-state index in [-0.39, 0.29) is 11.8 Å². The number of nitrogens with zero attached hydrogens (tertiary/aromatic N) is 4. The summed E-state index contributed by atoms with van der Waals surface area (Å²) >= 11 is 0. The molecule has 8 heteroatoms. The second kappa shape index (κ2) is 12.3. The fourth-order valence-electron chi connectivity index (χ4n) is 5.19. The summed E-state index contributed by atoms with van der Waals surface area (Å²) in [4.78, 5) is 22.1. The monoisotopic (exact) mass is 503 g/mol. The van der Waals surface area contributed by atoms with Gasteiger partial charge in [-0.05, 0) is 87.3 Å². The van der Waals surface area contributed by atoms with Crippen LogP contribution in [-0.4, -0.2) is 59.1 Å². The molecule has 2 fully saturated rings. The van der Waals surface area contributed by atoms with Crippen molar-refractivity contribution < 1.29 is 14.1 Å². The lowest BCUT2D eigenvalue weighted by atomic mass is 9.96. The van der Waals surface area contributed by atoms with Crippen LogP contribution in [0.3, 0.4) is 0 Å². The number of methoxy groups -OCH3 is 1. The van der Waals surface area contributed by atoms with Gasteiger partial charge in [0.05, 0.1) is 13.7 Å². The molecule has 0 saturated carbocycles. The number of rotatable bonds is 9. The van der Waals surface area contributed by atoms with E-state index in [0.717, 1.165) is 49.4 Å². The predicted octanol–water partition coefficient (Wildman–Crippen LogP) is 4.26. The minimum Gasteiger partial charge on any atom is -0.497 e. The van der Waals surface area contributed by atoms with Crippen molar-refractivity contribution in [1.29, 1.82) is 0 Å². The minimum atomic E-state index is 0.0483. The highest BCUT2D eigenvalue weighted by molar-refractivity contribution is 5.78. The van der Waals surface area contributed by atoms with Crippen LogP contribution in [0.5, 0.6) is 5.75 Å². The molecule has 37 heavy (non-hydrogen) atoms. The summed E-state index contributed by atoms with van der Waals surface area (Å²) < 4.78 is 10.7. The second-order valence-corrected chi connectivity index (χ2v) is 10.2. The molecule has 3 heterocycles. The van der Waals surface area contributed by atoms with Gasteiger partial charge in [0.1, 0.15) is 5.75 Å². The fourth-order valence-corrected chi connectivity index (χ4v) is 5.19. The molecule has 1 aromatic heterocycles. The van der Waals surface area contributed by atoms with Gasteiger partial charge in [-0.15, -0.1) is 0 Å². The first-order valence-corrected chi connectivity index (χ1v) is 13.4. The summed E-state index contributed by atoms with van der Waals surface area (Å²) in [6.45, 7) is 6.29. The average Bonchev–Trinajstić information content (AvgIpc) is 3.42. The van der Waals surface area contributed by atoms with E-state index >= 15 is 0 Å². The second-order valence-electron chi connectivity index (χ2n) is 10.2. The molecule has 1 N–H and O–H groups in total. The van der Waals surface area contributed by atoms with Crippen LogP contribution in [0.1, 0.15) is 49.1 Å². The van der Waals surface area contributed by atoms with Crippen molar-refractivity contribution in [3.63, 3.8) is 0 Å². The van der Waals surface area contributed by atoms with Crippen LogP contribution in [0.15, 0.2) is 53.1 Å². The first kappa shape index (κ1) is 25.4. The van der Waals surface area contributed by atoms with Gasteiger partial charge in [0, 0.05) is 24.6 Å². The van der Waals surface area contributed by atoms with Gasteiger partial charge in [-0.2, -0.15) is 4.98 Å². The molecule has 0 atom stereocenters. The lowest BCUT2D eigenvalue weighted by Crippen LogP contribution is -2.40. The number of ether oxygens (including phenoxy) is 1. The van der Waals surface area contributed by atoms with Gasteiger partial charge in [-0.25, -0.2) is 0 Å². The standard InChI is InChI=1S/C29H37N5O3/c1-36-26-11-9-24(10-12-26)28-31-27(37-32-28)21-34-17-13-25(14-18-34)29(35)30-19-22-5-7-23(8-6-22)20-33-15-3-2-4-16-33/h5-12,25H,2-4,13-21H2,1H3,(H,30,35). The van der Waals surface area contributed by atoms with E-state index < -0.39 is 0 Å². The molecular weight excluding hydrogens is 466 g/mol. The zero-order valence-electron chi connectivity index (χ0n) is 21.7. The summed E-state index contributed by atoms with van der Waals surface area (Å²) in [5.41, 5.74) is 3.39. The number of amides is 1. The Bertz CT molecular complexity index is 1130. The number of aromatic nitrogens is 2. The molecule has 2 saturated heterocycles. The number of piperidine rings is 2. The molecule has 2 aliphatic heterocycles. The number of nitrogens with one attached hydrogen (secondary N) is 1. The topological polar surface area (TPSA) is 83.7 Å². The molecule has 5 rings (SSSR count). The van der Waals surface area contributed by atoms with Crippen molar-refractivity contribution in [2.45, 2.75) is 51.7 Å². The number of benzene rings is 2. The zero-order chi connectivity index (χ0) is 25.5. The predicted molar refractivity (Wildman–Crippen MR) is 142 cm³/mol. The number of carbonyl (C=O) groups is 1. The van der Waals surface area contributed by atoms with E-state index in [9.17, 15) is 4.79 Å². The Labute approximate surface area is 219 Å². The average molecular weight is 504 g/mol.